The molecule has 1 rings (SSSR count). The van der Waals surface area contributed by atoms with Crippen LogP contribution in [0.4, 0.5) is 5.69 Å². The Balaban J connectivity index is 2.27. The average molecular weight is 264 g/mol. The molecule has 3 heteroatoms. The van der Waals surface area contributed by atoms with Crippen molar-refractivity contribution in [2.24, 2.45) is 0 Å². The zero-order valence-electron chi connectivity index (χ0n) is 12.6. The van der Waals surface area contributed by atoms with Gasteiger partial charge in [0.25, 0.3) is 0 Å². The van der Waals surface area contributed by atoms with Gasteiger partial charge in [0.1, 0.15) is 12.4 Å². The van der Waals surface area contributed by atoms with E-state index in [1.807, 2.05) is 12.1 Å². The van der Waals surface area contributed by atoms with Crippen molar-refractivity contribution in [3.05, 3.63) is 24.3 Å². The second-order valence-corrected chi connectivity index (χ2v) is 5.17. The van der Waals surface area contributed by atoms with E-state index in [2.05, 4.69) is 43.4 Å². The van der Waals surface area contributed by atoms with Crippen LogP contribution < -0.4 is 10.1 Å². The Morgan fingerprint density at radius 1 is 1.16 bits per heavy atom. The van der Waals surface area contributed by atoms with Crippen molar-refractivity contribution in [2.75, 3.05) is 39.1 Å². The first-order valence-electron chi connectivity index (χ1n) is 7.34. The van der Waals surface area contributed by atoms with Gasteiger partial charge in [0.15, 0.2) is 0 Å². The summed E-state index contributed by atoms with van der Waals surface area (Å²) in [7, 11) is 4.11. The Morgan fingerprint density at radius 3 is 2.74 bits per heavy atom. The summed E-state index contributed by atoms with van der Waals surface area (Å²) in [5.74, 6) is 0.945. The van der Waals surface area contributed by atoms with Gasteiger partial charge in [-0.3, -0.25) is 0 Å². The van der Waals surface area contributed by atoms with Gasteiger partial charge >= 0.3 is 0 Å². The summed E-state index contributed by atoms with van der Waals surface area (Å²) in [6, 6.07) is 8.23. The van der Waals surface area contributed by atoms with Gasteiger partial charge < -0.3 is 15.0 Å². The SMILES string of the molecule is CCCCCCNc1cccc(OCCN(C)C)c1. The van der Waals surface area contributed by atoms with E-state index in [9.17, 15) is 0 Å². The van der Waals surface area contributed by atoms with Crippen molar-refractivity contribution < 1.29 is 4.74 Å². The molecule has 0 spiro atoms. The summed E-state index contributed by atoms with van der Waals surface area (Å²) >= 11 is 0. The molecule has 1 N–H and O–H groups in total. The van der Waals surface area contributed by atoms with Crippen molar-refractivity contribution in [1.82, 2.24) is 4.90 Å². The van der Waals surface area contributed by atoms with Crippen LogP contribution in [0.15, 0.2) is 24.3 Å². The number of hydrogen-bond acceptors (Lipinski definition) is 3. The maximum absolute atomic E-state index is 5.72. The fraction of sp³-hybridized carbons (Fsp3) is 0.625. The van der Waals surface area contributed by atoms with Crippen molar-refractivity contribution in [3.8, 4) is 5.75 Å². The third kappa shape index (κ3) is 7.73. The predicted octanol–water partition coefficient (Wildman–Crippen LogP) is 3.62. The summed E-state index contributed by atoms with van der Waals surface area (Å²) in [6.07, 6.45) is 5.16. The van der Waals surface area contributed by atoms with Crippen LogP contribution in [0.3, 0.4) is 0 Å². The van der Waals surface area contributed by atoms with E-state index in [1.165, 1.54) is 25.7 Å². The number of ether oxygens (including phenoxy) is 1. The highest BCUT2D eigenvalue weighted by Gasteiger charge is 1.97. The zero-order valence-corrected chi connectivity index (χ0v) is 12.6. The van der Waals surface area contributed by atoms with Crippen molar-refractivity contribution in [1.29, 1.82) is 0 Å². The molecule has 1 aromatic carbocycles. The lowest BCUT2D eigenvalue weighted by atomic mass is 10.2. The Labute approximate surface area is 118 Å². The van der Waals surface area contributed by atoms with Gasteiger partial charge in [0.2, 0.25) is 0 Å². The highest BCUT2D eigenvalue weighted by Crippen LogP contribution is 2.17. The van der Waals surface area contributed by atoms with Crippen LogP contribution >= 0.6 is 0 Å². The molecule has 0 aliphatic heterocycles. The fourth-order valence-electron chi connectivity index (χ4n) is 1.83. The number of nitrogens with one attached hydrogen (secondary N) is 1. The number of hydrogen-bond donors (Lipinski definition) is 1. The first kappa shape index (κ1) is 15.8. The summed E-state index contributed by atoms with van der Waals surface area (Å²) in [5.41, 5.74) is 1.15. The maximum atomic E-state index is 5.72. The largest absolute Gasteiger partial charge is 0.492 e. The molecule has 108 valence electrons. The number of nitrogens with zero attached hydrogens (tertiary/aromatic N) is 1. The average Bonchev–Trinajstić information content (AvgIpc) is 2.39. The van der Waals surface area contributed by atoms with Gasteiger partial charge in [-0.2, -0.15) is 0 Å². The molecule has 0 fully saturated rings. The molecular weight excluding hydrogens is 236 g/mol. The van der Waals surface area contributed by atoms with E-state index in [0.717, 1.165) is 31.1 Å². The molecule has 0 aromatic heterocycles. The molecule has 0 amide bonds. The van der Waals surface area contributed by atoms with Gasteiger partial charge in [0, 0.05) is 24.8 Å². The molecule has 0 radical (unpaired) electrons. The molecule has 0 aliphatic carbocycles. The van der Waals surface area contributed by atoms with Gasteiger partial charge in [-0.05, 0) is 32.6 Å². The van der Waals surface area contributed by atoms with E-state index in [1.54, 1.807) is 0 Å². The smallest absolute Gasteiger partial charge is 0.121 e. The Morgan fingerprint density at radius 2 is 2.00 bits per heavy atom. The molecule has 19 heavy (non-hydrogen) atoms. The van der Waals surface area contributed by atoms with E-state index < -0.39 is 0 Å². The molecule has 3 nitrogen and oxygen atoms in total. The first-order valence-corrected chi connectivity index (χ1v) is 7.34. The molecule has 0 bridgehead atoms. The zero-order chi connectivity index (χ0) is 13.9. The van der Waals surface area contributed by atoms with Gasteiger partial charge in [-0.25, -0.2) is 0 Å². The van der Waals surface area contributed by atoms with Crippen molar-refractivity contribution in [3.63, 3.8) is 0 Å². The van der Waals surface area contributed by atoms with E-state index in [4.69, 9.17) is 4.74 Å². The van der Waals surface area contributed by atoms with Gasteiger partial charge in [-0.15, -0.1) is 0 Å². The van der Waals surface area contributed by atoms with Gasteiger partial charge in [-0.1, -0.05) is 32.3 Å². The minimum absolute atomic E-state index is 0.729. The molecule has 0 saturated heterocycles. The maximum Gasteiger partial charge on any atom is 0.121 e. The minimum atomic E-state index is 0.729. The minimum Gasteiger partial charge on any atom is -0.492 e. The standard InChI is InChI=1S/C16H28N2O/c1-4-5-6-7-11-17-15-9-8-10-16(14-15)19-13-12-18(2)3/h8-10,14,17H,4-7,11-13H2,1-3H3. The summed E-state index contributed by atoms with van der Waals surface area (Å²) in [6.45, 7) is 4.95. The monoisotopic (exact) mass is 264 g/mol. The summed E-state index contributed by atoms with van der Waals surface area (Å²) in [5, 5.41) is 3.45. The molecule has 0 heterocycles. The van der Waals surface area contributed by atoms with Gasteiger partial charge in [0.05, 0.1) is 0 Å². The van der Waals surface area contributed by atoms with Crippen molar-refractivity contribution >= 4 is 5.69 Å². The third-order valence-corrected chi connectivity index (χ3v) is 3.00. The number of unbranched alkanes of at least 4 members (excludes halogenated alkanes) is 3. The van der Waals surface area contributed by atoms with Crippen LogP contribution in [0.25, 0.3) is 0 Å². The lowest BCUT2D eigenvalue weighted by Gasteiger charge is -2.12. The number of likely N-dealkylation sites (N-methyl/N-ethyl adjacent to an activating group) is 1. The topological polar surface area (TPSA) is 24.5 Å². The van der Waals surface area contributed by atoms with E-state index in [-0.39, 0.29) is 0 Å². The molecule has 0 saturated carbocycles. The van der Waals surface area contributed by atoms with Crippen molar-refractivity contribution in [2.45, 2.75) is 32.6 Å². The normalized spacial score (nSPS) is 10.7. The highest BCUT2D eigenvalue weighted by atomic mass is 16.5. The first-order chi connectivity index (χ1) is 9.22. The van der Waals surface area contributed by atoms with Crippen LogP contribution in [0.1, 0.15) is 32.6 Å². The number of anilines is 1. The Bertz CT molecular complexity index is 339. The fourth-order valence-corrected chi connectivity index (χ4v) is 1.83. The van der Waals surface area contributed by atoms with E-state index in [0.29, 0.717) is 0 Å². The molecule has 0 atom stereocenters. The Kier molecular flexibility index (Phi) is 8.07. The number of rotatable bonds is 10. The van der Waals surface area contributed by atoms with Crippen LogP contribution in [0.5, 0.6) is 5.75 Å². The second-order valence-electron chi connectivity index (χ2n) is 5.17. The highest BCUT2D eigenvalue weighted by molar-refractivity contribution is 5.48. The molecule has 0 unspecified atom stereocenters. The van der Waals surface area contributed by atoms with E-state index >= 15 is 0 Å². The van der Waals surface area contributed by atoms with Crippen LogP contribution in [-0.2, 0) is 0 Å². The predicted molar refractivity (Wildman–Crippen MR) is 83.1 cm³/mol. The quantitative estimate of drug-likeness (QED) is 0.653. The van der Waals surface area contributed by atoms with Crippen LogP contribution in [0.2, 0.25) is 0 Å². The lowest BCUT2D eigenvalue weighted by molar-refractivity contribution is 0.261. The third-order valence-electron chi connectivity index (χ3n) is 3.00. The van der Waals surface area contributed by atoms with Crippen LogP contribution in [-0.4, -0.2) is 38.7 Å². The Hall–Kier alpha value is -1.22. The summed E-state index contributed by atoms with van der Waals surface area (Å²) in [4.78, 5) is 2.12. The molecule has 1 aromatic rings. The van der Waals surface area contributed by atoms with Crippen LogP contribution in [0, 0.1) is 0 Å². The molecular formula is C16H28N2O. The summed E-state index contributed by atoms with van der Waals surface area (Å²) < 4.78 is 5.72. The number of benzene rings is 1. The molecule has 0 aliphatic rings. The lowest BCUT2D eigenvalue weighted by Crippen LogP contribution is -2.19. The second kappa shape index (κ2) is 9.68.